The number of hydrogen-bond acceptors (Lipinski definition) is 2. The second kappa shape index (κ2) is 4.69. The van der Waals surface area contributed by atoms with E-state index in [1.54, 1.807) is 0 Å². The van der Waals surface area contributed by atoms with Crippen molar-refractivity contribution in [2.45, 2.75) is 57.9 Å². The van der Waals surface area contributed by atoms with Crippen LogP contribution in [0.1, 0.15) is 40.5 Å². The Morgan fingerprint density at radius 1 is 1.31 bits per heavy atom. The summed E-state index contributed by atoms with van der Waals surface area (Å²) in [4.78, 5) is 13.1. The zero-order valence-corrected chi connectivity index (χ0v) is 11.0. The number of urea groups is 1. The number of amides is 2. The first-order valence-electron chi connectivity index (χ1n) is 5.53. The summed E-state index contributed by atoms with van der Waals surface area (Å²) < 4.78 is 28.2. The van der Waals surface area contributed by atoms with E-state index in [2.05, 4.69) is 4.36 Å². The zero-order valence-electron chi connectivity index (χ0n) is 10.1. The van der Waals surface area contributed by atoms with Gasteiger partial charge >= 0.3 is 6.03 Å². The molecule has 1 aliphatic rings. The molecule has 1 rings (SSSR count). The van der Waals surface area contributed by atoms with Gasteiger partial charge in [0.1, 0.15) is 0 Å². The van der Waals surface area contributed by atoms with Gasteiger partial charge in [-0.15, -0.1) is 8.25 Å². The van der Waals surface area contributed by atoms with Crippen LogP contribution in [0, 0.1) is 0 Å². The van der Waals surface area contributed by atoms with E-state index in [-0.39, 0.29) is 12.1 Å². The van der Waals surface area contributed by atoms with Crippen molar-refractivity contribution in [3.05, 3.63) is 0 Å². The average molecular weight is 250 g/mol. The Bertz CT molecular complexity index is 374. The molecule has 0 bridgehead atoms. The number of carbonyl (C=O) groups excluding carboxylic acids is 1. The maximum Gasteiger partial charge on any atom is 0.354 e. The summed E-state index contributed by atoms with van der Waals surface area (Å²) in [6.45, 7) is 7.30. The lowest BCUT2D eigenvalue weighted by molar-refractivity contribution is 0.175. The molecule has 0 saturated heterocycles. The van der Waals surface area contributed by atoms with Crippen LogP contribution < -0.4 is 0 Å². The van der Waals surface area contributed by atoms with Crippen LogP contribution in [0.2, 0.25) is 0 Å². The molecule has 16 heavy (non-hydrogen) atoms. The third kappa shape index (κ3) is 3.17. The van der Waals surface area contributed by atoms with Crippen molar-refractivity contribution in [1.82, 2.24) is 4.90 Å². The first-order chi connectivity index (χ1) is 7.25. The van der Waals surface area contributed by atoms with Crippen molar-refractivity contribution in [2.75, 3.05) is 0 Å². The Balaban J connectivity index is 2.88. The van der Waals surface area contributed by atoms with Crippen LogP contribution in [0.25, 0.3) is 0 Å². The monoisotopic (exact) mass is 250 g/mol. The molecule has 1 atom stereocenters. The molecule has 1 aliphatic carbocycles. The van der Waals surface area contributed by atoms with E-state index in [9.17, 15) is 12.9 Å². The highest BCUT2D eigenvalue weighted by Gasteiger charge is 2.36. The predicted octanol–water partition coefficient (Wildman–Crippen LogP) is 2.74. The third-order valence-corrected chi connectivity index (χ3v) is 4.17. The van der Waals surface area contributed by atoms with E-state index in [1.165, 1.54) is 4.90 Å². The molecule has 2 amide bonds. The van der Waals surface area contributed by atoms with Crippen molar-refractivity contribution >= 4 is 16.1 Å². The number of hydrogen-bond donors (Lipinski definition) is 0. The van der Waals surface area contributed by atoms with Gasteiger partial charge in [0.05, 0.1) is 5.25 Å². The summed E-state index contributed by atoms with van der Waals surface area (Å²) in [5.74, 6) is 0. The van der Waals surface area contributed by atoms with Gasteiger partial charge in [0.2, 0.25) is 10.1 Å². The number of rotatable bonds is 3. The molecular weight excluding hydrogens is 231 g/mol. The molecule has 4 nitrogen and oxygen atoms in total. The normalized spacial score (nSPS) is 19.7. The molecule has 0 aromatic heterocycles. The van der Waals surface area contributed by atoms with E-state index in [0.29, 0.717) is 12.8 Å². The molecule has 0 aromatic carbocycles. The van der Waals surface area contributed by atoms with Crippen LogP contribution in [0.15, 0.2) is 4.36 Å². The second-order valence-corrected chi connectivity index (χ2v) is 6.51. The van der Waals surface area contributed by atoms with Crippen molar-refractivity contribution in [3.8, 4) is 0 Å². The molecule has 0 aliphatic heterocycles. The molecule has 0 radical (unpaired) electrons. The lowest BCUT2D eigenvalue weighted by Gasteiger charge is -2.28. The summed E-state index contributed by atoms with van der Waals surface area (Å²) in [6.07, 6.45) is 1.13. The quantitative estimate of drug-likeness (QED) is 0.723. The standard InChI is InChI=1S/C10H19FN2O2S/c1-7(2)13(8(3)4)10(14)12-16(11,15)9-5-6-9/h7-9H,5-6H2,1-4H3/t16-/m0/s1. The van der Waals surface area contributed by atoms with Gasteiger partial charge < -0.3 is 4.90 Å². The highest BCUT2D eigenvalue weighted by Crippen LogP contribution is 2.31. The summed E-state index contributed by atoms with van der Waals surface area (Å²) in [6, 6.07) is -0.860. The molecule has 0 heterocycles. The van der Waals surface area contributed by atoms with Crippen LogP contribution in [-0.2, 0) is 10.1 Å². The molecular formula is C10H19FN2O2S. The molecule has 1 saturated carbocycles. The minimum Gasteiger partial charge on any atom is -0.317 e. The van der Waals surface area contributed by atoms with Crippen molar-refractivity contribution in [2.24, 2.45) is 4.36 Å². The number of nitrogens with zero attached hydrogens (tertiary/aromatic N) is 2. The van der Waals surface area contributed by atoms with Crippen LogP contribution in [0.4, 0.5) is 8.68 Å². The van der Waals surface area contributed by atoms with Gasteiger partial charge in [0.25, 0.3) is 0 Å². The fourth-order valence-electron chi connectivity index (χ4n) is 1.62. The van der Waals surface area contributed by atoms with E-state index in [1.807, 2.05) is 27.7 Å². The molecule has 94 valence electrons. The van der Waals surface area contributed by atoms with Gasteiger partial charge in [-0.1, -0.05) is 0 Å². The fourth-order valence-corrected chi connectivity index (χ4v) is 2.80. The Kier molecular flexibility index (Phi) is 3.93. The molecule has 1 fully saturated rings. The van der Waals surface area contributed by atoms with Gasteiger partial charge in [-0.05, 0) is 40.5 Å². The number of carbonyl (C=O) groups is 1. The Morgan fingerprint density at radius 2 is 1.75 bits per heavy atom. The predicted molar refractivity (Wildman–Crippen MR) is 62.2 cm³/mol. The molecule has 6 heteroatoms. The zero-order chi connectivity index (χ0) is 12.5. The fraction of sp³-hybridized carbons (Fsp3) is 0.900. The second-order valence-electron chi connectivity index (χ2n) is 4.67. The largest absolute Gasteiger partial charge is 0.354 e. The average Bonchev–Trinajstić information content (AvgIpc) is 2.80. The summed E-state index contributed by atoms with van der Waals surface area (Å²) >= 11 is 0. The summed E-state index contributed by atoms with van der Waals surface area (Å²) in [5, 5.41) is -0.530. The number of halogens is 1. The Hall–Kier alpha value is -0.650. The minimum atomic E-state index is -3.81. The van der Waals surface area contributed by atoms with Crippen LogP contribution in [0.5, 0.6) is 0 Å². The molecule has 0 unspecified atom stereocenters. The van der Waals surface area contributed by atoms with E-state index < -0.39 is 21.4 Å². The van der Waals surface area contributed by atoms with Gasteiger partial charge in [0.15, 0.2) is 0 Å². The molecule has 0 spiro atoms. The van der Waals surface area contributed by atoms with Gasteiger partial charge in [0, 0.05) is 12.1 Å². The van der Waals surface area contributed by atoms with Crippen LogP contribution in [0.3, 0.4) is 0 Å². The van der Waals surface area contributed by atoms with Gasteiger partial charge in [-0.25, -0.2) is 9.00 Å². The summed E-state index contributed by atoms with van der Waals surface area (Å²) in [5.41, 5.74) is 0. The SMILES string of the molecule is CC(C)N(C(=O)N=[S@@](=O)(F)C1CC1)C(C)C. The van der Waals surface area contributed by atoms with Crippen molar-refractivity contribution in [1.29, 1.82) is 0 Å². The van der Waals surface area contributed by atoms with Crippen molar-refractivity contribution in [3.63, 3.8) is 0 Å². The summed E-state index contributed by atoms with van der Waals surface area (Å²) in [7, 11) is -3.81. The highest BCUT2D eigenvalue weighted by molar-refractivity contribution is 7.89. The van der Waals surface area contributed by atoms with Gasteiger partial charge in [-0.2, -0.15) is 0 Å². The Labute approximate surface area is 96.7 Å². The highest BCUT2D eigenvalue weighted by atomic mass is 32.3. The van der Waals surface area contributed by atoms with Crippen LogP contribution in [-0.4, -0.2) is 32.5 Å². The lowest BCUT2D eigenvalue weighted by atomic mass is 10.2. The van der Waals surface area contributed by atoms with Crippen LogP contribution >= 0.6 is 0 Å². The molecule has 0 N–H and O–H groups in total. The maximum absolute atomic E-state index is 13.5. The van der Waals surface area contributed by atoms with Gasteiger partial charge in [-0.3, -0.25) is 0 Å². The van der Waals surface area contributed by atoms with Crippen molar-refractivity contribution < 1.29 is 12.9 Å². The molecule has 0 aromatic rings. The maximum atomic E-state index is 13.5. The van der Waals surface area contributed by atoms with E-state index in [0.717, 1.165) is 0 Å². The van der Waals surface area contributed by atoms with E-state index >= 15 is 0 Å². The lowest BCUT2D eigenvalue weighted by Crippen LogP contribution is -2.40. The minimum absolute atomic E-state index is 0.0781. The first kappa shape index (κ1) is 13.4. The first-order valence-corrected chi connectivity index (χ1v) is 7.01. The Morgan fingerprint density at radius 3 is 2.06 bits per heavy atom. The smallest absolute Gasteiger partial charge is 0.317 e. The van der Waals surface area contributed by atoms with E-state index in [4.69, 9.17) is 0 Å². The third-order valence-electron chi connectivity index (χ3n) is 2.47. The topological polar surface area (TPSA) is 49.7 Å².